The monoisotopic (exact) mass is 690 g/mol. The molecule has 14 nitrogen and oxygen atoms in total. The Balaban J connectivity index is 1.38. The summed E-state index contributed by atoms with van der Waals surface area (Å²) in [6.45, 7) is 1.90. The van der Waals surface area contributed by atoms with Crippen LogP contribution in [0.1, 0.15) is 23.4 Å². The number of hydrogen-bond donors (Lipinski definition) is 3. The van der Waals surface area contributed by atoms with Gasteiger partial charge in [0.15, 0.2) is 15.2 Å². The quantitative estimate of drug-likeness (QED) is 0.0823. The number of carbonyl (C=O) groups is 4. The molecule has 1 saturated heterocycles. The van der Waals surface area contributed by atoms with Gasteiger partial charge in [0.25, 0.3) is 11.8 Å². The summed E-state index contributed by atoms with van der Waals surface area (Å²) in [4.78, 5) is 65.9. The lowest BCUT2D eigenvalue weighted by molar-refractivity contribution is -0.148. The SMILES string of the molecule is CON=C(C(=O)N[C@@H]1C(=O)N2C(OC(=O)O)=C(C(CC(=O)OCc3ccccc3)Sc3nc(C)cs3)CS[C@@H]12)c1csc(N)n1. The topological polar surface area (TPSA) is 196 Å². The maximum Gasteiger partial charge on any atom is 0.512 e. The number of aromatic nitrogens is 2. The molecule has 0 radical (unpaired) electrons. The molecule has 4 heterocycles. The van der Waals surface area contributed by atoms with Crippen molar-refractivity contribution in [1.82, 2.24) is 20.2 Å². The lowest BCUT2D eigenvalue weighted by Crippen LogP contribution is -2.70. The smallest absolute Gasteiger partial charge is 0.461 e. The van der Waals surface area contributed by atoms with Gasteiger partial charge in [-0.15, -0.1) is 34.4 Å². The largest absolute Gasteiger partial charge is 0.512 e. The second kappa shape index (κ2) is 14.3. The van der Waals surface area contributed by atoms with E-state index >= 15 is 0 Å². The molecule has 2 aliphatic heterocycles. The number of esters is 1. The van der Waals surface area contributed by atoms with Gasteiger partial charge in [0.2, 0.25) is 5.88 Å². The van der Waals surface area contributed by atoms with Gasteiger partial charge in [0.1, 0.15) is 30.8 Å². The number of anilines is 1. The zero-order chi connectivity index (χ0) is 32.1. The molecule has 2 aromatic heterocycles. The number of aryl methyl sites for hydroxylation is 1. The Labute approximate surface area is 273 Å². The number of nitrogens with zero attached hydrogens (tertiary/aromatic N) is 4. The number of thioether (sulfide) groups is 2. The highest BCUT2D eigenvalue weighted by molar-refractivity contribution is 8.02. The van der Waals surface area contributed by atoms with Gasteiger partial charge in [-0.2, -0.15) is 0 Å². The summed E-state index contributed by atoms with van der Waals surface area (Å²) in [5.41, 5.74) is 7.69. The van der Waals surface area contributed by atoms with Crippen molar-refractivity contribution in [2.45, 2.75) is 41.0 Å². The first kappa shape index (κ1) is 32.3. The van der Waals surface area contributed by atoms with Crippen molar-refractivity contribution in [2.24, 2.45) is 5.16 Å². The van der Waals surface area contributed by atoms with Crippen molar-refractivity contribution in [1.29, 1.82) is 0 Å². The number of benzene rings is 1. The molecular weight excluding hydrogens is 665 g/mol. The highest BCUT2D eigenvalue weighted by atomic mass is 32.2. The van der Waals surface area contributed by atoms with Crippen LogP contribution in [0, 0.1) is 6.92 Å². The molecule has 18 heteroatoms. The van der Waals surface area contributed by atoms with E-state index in [1.807, 2.05) is 42.6 Å². The number of nitrogen functional groups attached to an aromatic ring is 1. The maximum atomic E-state index is 13.4. The fourth-order valence-corrected chi connectivity index (χ4v) is 8.67. The molecule has 2 amide bonds. The number of carbonyl (C=O) groups excluding carboxylic acids is 3. The molecule has 3 aromatic rings. The summed E-state index contributed by atoms with van der Waals surface area (Å²) in [5.74, 6) is -1.87. The average molecular weight is 691 g/mol. The Kier molecular flexibility index (Phi) is 10.3. The third-order valence-electron chi connectivity index (χ3n) is 6.40. The Morgan fingerprint density at radius 2 is 2.00 bits per heavy atom. The molecule has 236 valence electrons. The summed E-state index contributed by atoms with van der Waals surface area (Å²) in [6, 6.07) is 8.16. The van der Waals surface area contributed by atoms with Crippen LogP contribution in [-0.4, -0.2) is 79.2 Å². The molecule has 0 aliphatic carbocycles. The van der Waals surface area contributed by atoms with E-state index in [4.69, 9.17) is 20.0 Å². The van der Waals surface area contributed by atoms with E-state index in [0.29, 0.717) is 9.91 Å². The number of thiazole rings is 2. The van der Waals surface area contributed by atoms with Crippen LogP contribution in [0.3, 0.4) is 0 Å². The minimum absolute atomic E-state index is 0.0651. The van der Waals surface area contributed by atoms with Crippen LogP contribution in [0.5, 0.6) is 0 Å². The summed E-state index contributed by atoms with van der Waals surface area (Å²) in [6.07, 6.45) is -1.77. The van der Waals surface area contributed by atoms with E-state index in [1.165, 1.54) is 52.3 Å². The van der Waals surface area contributed by atoms with Gasteiger partial charge in [0, 0.05) is 33.0 Å². The molecule has 1 aromatic carbocycles. The second-order valence-corrected chi connectivity index (χ2v) is 13.8. The van der Waals surface area contributed by atoms with Crippen LogP contribution in [0.25, 0.3) is 0 Å². The molecule has 4 N–H and O–H groups in total. The predicted octanol–water partition coefficient (Wildman–Crippen LogP) is 3.44. The maximum absolute atomic E-state index is 13.4. The lowest BCUT2D eigenvalue weighted by atomic mass is 10.0. The number of hydrogen-bond acceptors (Lipinski definition) is 15. The van der Waals surface area contributed by atoms with Crippen molar-refractivity contribution < 1.29 is 38.6 Å². The highest BCUT2D eigenvalue weighted by Gasteiger charge is 2.55. The average Bonchev–Trinajstić information content (AvgIpc) is 3.64. The van der Waals surface area contributed by atoms with Gasteiger partial charge < -0.3 is 30.5 Å². The molecule has 0 spiro atoms. The van der Waals surface area contributed by atoms with Crippen LogP contribution in [0.2, 0.25) is 0 Å². The fraction of sp³-hybridized carbons (Fsp3) is 0.296. The third kappa shape index (κ3) is 7.58. The predicted molar refractivity (Wildman–Crippen MR) is 169 cm³/mol. The zero-order valence-corrected chi connectivity index (χ0v) is 27.0. The van der Waals surface area contributed by atoms with E-state index in [-0.39, 0.29) is 41.2 Å². The summed E-state index contributed by atoms with van der Waals surface area (Å²) < 4.78 is 11.3. The minimum atomic E-state index is -1.63. The van der Waals surface area contributed by atoms with Crippen molar-refractivity contribution in [3.63, 3.8) is 0 Å². The molecule has 2 aliphatic rings. The van der Waals surface area contributed by atoms with Crippen LogP contribution in [0.15, 0.2) is 62.0 Å². The van der Waals surface area contributed by atoms with Crippen molar-refractivity contribution in [2.75, 3.05) is 18.6 Å². The zero-order valence-electron chi connectivity index (χ0n) is 23.7. The fourth-order valence-electron chi connectivity index (χ4n) is 4.40. The van der Waals surface area contributed by atoms with Crippen molar-refractivity contribution >= 4 is 81.0 Å². The van der Waals surface area contributed by atoms with Gasteiger partial charge in [-0.05, 0) is 12.5 Å². The normalized spacial score (nSPS) is 18.5. The van der Waals surface area contributed by atoms with Crippen LogP contribution in [-0.2, 0) is 35.3 Å². The van der Waals surface area contributed by atoms with Crippen molar-refractivity contribution in [3.8, 4) is 0 Å². The third-order valence-corrected chi connectivity index (χ3v) is 10.7. The van der Waals surface area contributed by atoms with Crippen LogP contribution in [0.4, 0.5) is 9.93 Å². The van der Waals surface area contributed by atoms with E-state index < -0.39 is 40.6 Å². The standard InChI is InChI=1S/C27H26N6O8S4/c1-13-10-44-26(29-13)45-17(8-18(34)40-9-14-6-4-3-5-7-14)15-11-42-24-20(22(36)33(24)23(15)41-27(37)38)31-21(35)19(32-39-2)16-12-43-25(28)30-16/h3-7,10,12,17,20,24H,8-9,11H2,1-2H3,(H2,28,30)(H,31,35)(H,37,38)/t17?,20-,24+/m1/s1. The first-order valence-electron chi connectivity index (χ1n) is 13.1. The number of fused-ring (bicyclic) bond motifs is 1. The number of nitrogens with two attached hydrogens (primary N) is 1. The lowest BCUT2D eigenvalue weighted by Gasteiger charge is -2.49. The number of oxime groups is 1. The molecule has 0 saturated carbocycles. The van der Waals surface area contributed by atoms with Crippen LogP contribution >= 0.6 is 46.2 Å². The van der Waals surface area contributed by atoms with Gasteiger partial charge in [0.05, 0.1) is 6.42 Å². The summed E-state index contributed by atoms with van der Waals surface area (Å²) in [5, 5.41) is 18.2. The Morgan fingerprint density at radius 1 is 1.22 bits per heavy atom. The van der Waals surface area contributed by atoms with Gasteiger partial charge in [-0.3, -0.25) is 19.3 Å². The van der Waals surface area contributed by atoms with E-state index in [1.54, 1.807) is 0 Å². The number of nitrogens with one attached hydrogen (secondary N) is 1. The number of β-lactam (4-membered cyclic amide) rings is 1. The minimum Gasteiger partial charge on any atom is -0.461 e. The first-order valence-corrected chi connectivity index (χ1v) is 16.8. The summed E-state index contributed by atoms with van der Waals surface area (Å²) in [7, 11) is 1.26. The van der Waals surface area contributed by atoms with E-state index in [9.17, 15) is 24.3 Å². The van der Waals surface area contributed by atoms with Crippen LogP contribution < -0.4 is 11.1 Å². The molecule has 0 bridgehead atoms. The number of rotatable bonds is 12. The van der Waals surface area contributed by atoms with Gasteiger partial charge in [-0.25, -0.2) is 14.8 Å². The molecule has 1 unspecified atom stereocenters. The molecule has 5 rings (SSSR count). The number of amides is 2. The molecular formula is C27H26N6O8S4. The summed E-state index contributed by atoms with van der Waals surface area (Å²) >= 11 is 5.02. The Bertz CT molecular complexity index is 1660. The molecule has 45 heavy (non-hydrogen) atoms. The van der Waals surface area contributed by atoms with Gasteiger partial charge >= 0.3 is 12.1 Å². The van der Waals surface area contributed by atoms with E-state index in [0.717, 1.165) is 22.6 Å². The highest BCUT2D eigenvalue weighted by Crippen LogP contribution is 2.45. The Morgan fingerprint density at radius 3 is 2.64 bits per heavy atom. The number of ether oxygens (including phenoxy) is 2. The second-order valence-electron chi connectivity index (χ2n) is 9.46. The van der Waals surface area contributed by atoms with Crippen molar-refractivity contribution in [3.05, 3.63) is 69.5 Å². The van der Waals surface area contributed by atoms with E-state index in [2.05, 4.69) is 20.4 Å². The number of carboxylic acid groups (broad SMARTS) is 1. The molecule has 1 fully saturated rings. The Hall–Kier alpha value is -4.13. The van der Waals surface area contributed by atoms with Gasteiger partial charge in [-0.1, -0.05) is 47.2 Å². The molecule has 3 atom stereocenters. The first-order chi connectivity index (χ1) is 21.6.